The van der Waals surface area contributed by atoms with Crippen LogP contribution in [0.3, 0.4) is 0 Å². The molecule has 40 heavy (non-hydrogen) atoms. The summed E-state index contributed by atoms with van der Waals surface area (Å²) in [6.07, 6.45) is 5.71. The van der Waals surface area contributed by atoms with Crippen LogP contribution in [0.15, 0.2) is 61.2 Å². The van der Waals surface area contributed by atoms with Gasteiger partial charge in [0.15, 0.2) is 0 Å². The number of nitrogens with one attached hydrogen (secondary N) is 2. The fraction of sp³-hybridized carbons (Fsp3) is 0.452. The summed E-state index contributed by atoms with van der Waals surface area (Å²) in [5.74, 6) is -0.853. The number of aromatic hydroxyl groups is 2. The molecule has 0 bridgehead atoms. The molecular formula is C31H41N3O6. The topological polar surface area (TPSA) is 128 Å². The van der Waals surface area contributed by atoms with Crippen LogP contribution in [0, 0.1) is 0 Å². The quantitative estimate of drug-likeness (QED) is 0.316. The summed E-state index contributed by atoms with van der Waals surface area (Å²) in [5.41, 5.74) is 0.330. The zero-order valence-corrected chi connectivity index (χ0v) is 23.6. The Morgan fingerprint density at radius 2 is 1.73 bits per heavy atom. The van der Waals surface area contributed by atoms with Crippen molar-refractivity contribution >= 4 is 17.9 Å². The van der Waals surface area contributed by atoms with Crippen molar-refractivity contribution in [2.24, 2.45) is 0 Å². The molecule has 2 aromatic rings. The van der Waals surface area contributed by atoms with E-state index in [2.05, 4.69) is 17.2 Å². The summed E-state index contributed by atoms with van der Waals surface area (Å²) in [6.45, 7) is 8.98. The molecule has 3 rings (SSSR count). The maximum Gasteiger partial charge on any atom is 0.408 e. The number of carbonyl (C=O) groups is 3. The summed E-state index contributed by atoms with van der Waals surface area (Å²) in [4.78, 5) is 42.2. The molecule has 2 unspecified atom stereocenters. The molecule has 0 aromatic heterocycles. The van der Waals surface area contributed by atoms with Crippen LogP contribution in [-0.2, 0) is 20.7 Å². The van der Waals surface area contributed by atoms with Crippen molar-refractivity contribution in [1.82, 2.24) is 15.5 Å². The van der Waals surface area contributed by atoms with Gasteiger partial charge in [0.05, 0.1) is 0 Å². The number of nitrogens with zero attached hydrogens (tertiary/aromatic N) is 1. The molecule has 2 atom stereocenters. The van der Waals surface area contributed by atoms with Gasteiger partial charge in [0, 0.05) is 19.0 Å². The normalized spacial score (nSPS) is 15.4. The van der Waals surface area contributed by atoms with Crippen molar-refractivity contribution in [2.45, 2.75) is 83.0 Å². The Hall–Kier alpha value is -4.01. The van der Waals surface area contributed by atoms with Gasteiger partial charge >= 0.3 is 6.09 Å². The molecule has 9 nitrogen and oxygen atoms in total. The fourth-order valence-corrected chi connectivity index (χ4v) is 4.87. The number of ether oxygens (including phenoxy) is 1. The maximum absolute atomic E-state index is 14.2. The molecule has 1 aliphatic rings. The van der Waals surface area contributed by atoms with Crippen LogP contribution in [0.25, 0.3) is 0 Å². The number of hydrogen-bond acceptors (Lipinski definition) is 6. The highest BCUT2D eigenvalue weighted by Gasteiger charge is 2.37. The van der Waals surface area contributed by atoms with Crippen molar-refractivity contribution in [2.75, 3.05) is 6.54 Å². The van der Waals surface area contributed by atoms with E-state index in [9.17, 15) is 24.6 Å². The average molecular weight is 552 g/mol. The van der Waals surface area contributed by atoms with Gasteiger partial charge in [0.1, 0.15) is 29.2 Å². The monoisotopic (exact) mass is 551 g/mol. The highest BCUT2D eigenvalue weighted by atomic mass is 16.6. The molecular weight excluding hydrogens is 510 g/mol. The predicted molar refractivity (Wildman–Crippen MR) is 153 cm³/mol. The summed E-state index contributed by atoms with van der Waals surface area (Å²) in [7, 11) is 0. The highest BCUT2D eigenvalue weighted by molar-refractivity contribution is 5.92. The Morgan fingerprint density at radius 3 is 2.33 bits per heavy atom. The first-order valence-corrected chi connectivity index (χ1v) is 13.7. The minimum absolute atomic E-state index is 0.00516. The Balaban J connectivity index is 1.99. The van der Waals surface area contributed by atoms with Crippen LogP contribution in [0.1, 0.15) is 70.0 Å². The molecule has 0 saturated heterocycles. The first kappa shape index (κ1) is 30.5. The summed E-state index contributed by atoms with van der Waals surface area (Å²) >= 11 is 0. The second-order valence-corrected chi connectivity index (χ2v) is 11.2. The summed E-state index contributed by atoms with van der Waals surface area (Å²) in [5, 5.41) is 25.7. The Kier molecular flexibility index (Phi) is 10.6. The molecule has 9 heteroatoms. The van der Waals surface area contributed by atoms with E-state index < -0.39 is 29.7 Å². The van der Waals surface area contributed by atoms with Gasteiger partial charge in [-0.3, -0.25) is 9.59 Å². The summed E-state index contributed by atoms with van der Waals surface area (Å²) < 4.78 is 5.43. The van der Waals surface area contributed by atoms with E-state index in [1.54, 1.807) is 45.0 Å². The number of phenolic OH excluding ortho intramolecular Hbond substituents is 2. The van der Waals surface area contributed by atoms with Gasteiger partial charge in [-0.25, -0.2) is 4.79 Å². The molecule has 1 aliphatic carbocycles. The zero-order chi connectivity index (χ0) is 29.3. The smallest absolute Gasteiger partial charge is 0.408 e. The number of rotatable bonds is 10. The van der Waals surface area contributed by atoms with E-state index in [0.29, 0.717) is 11.1 Å². The molecule has 216 valence electrons. The van der Waals surface area contributed by atoms with Gasteiger partial charge in [0.25, 0.3) is 0 Å². The van der Waals surface area contributed by atoms with Gasteiger partial charge in [-0.15, -0.1) is 6.58 Å². The van der Waals surface area contributed by atoms with Gasteiger partial charge in [-0.05, 0) is 69.0 Å². The molecule has 3 amide bonds. The lowest BCUT2D eigenvalue weighted by Crippen LogP contribution is -2.54. The predicted octanol–water partition coefficient (Wildman–Crippen LogP) is 4.74. The number of amides is 3. The maximum atomic E-state index is 14.2. The largest absolute Gasteiger partial charge is 0.508 e. The van der Waals surface area contributed by atoms with Crippen LogP contribution in [0.5, 0.6) is 11.5 Å². The van der Waals surface area contributed by atoms with Gasteiger partial charge in [-0.1, -0.05) is 49.6 Å². The minimum atomic E-state index is -1.10. The Morgan fingerprint density at radius 1 is 1.05 bits per heavy atom. The molecule has 4 N–H and O–H groups in total. The molecule has 0 aliphatic heterocycles. The van der Waals surface area contributed by atoms with Crippen LogP contribution >= 0.6 is 0 Å². The van der Waals surface area contributed by atoms with Gasteiger partial charge in [0.2, 0.25) is 11.8 Å². The number of hydrogen-bond donors (Lipinski definition) is 4. The molecule has 0 heterocycles. The van der Waals surface area contributed by atoms with Crippen LogP contribution in [0.4, 0.5) is 4.79 Å². The number of phenols is 2. The van der Waals surface area contributed by atoms with E-state index in [4.69, 9.17) is 4.74 Å². The van der Waals surface area contributed by atoms with E-state index in [0.717, 1.165) is 32.1 Å². The lowest BCUT2D eigenvalue weighted by atomic mass is 9.94. The number of carbonyl (C=O) groups excluding carboxylic acids is 3. The first-order chi connectivity index (χ1) is 19.0. The first-order valence-electron chi connectivity index (χ1n) is 13.7. The van der Waals surface area contributed by atoms with Crippen molar-refractivity contribution in [3.8, 4) is 11.5 Å². The van der Waals surface area contributed by atoms with E-state index in [1.165, 1.54) is 35.2 Å². The second-order valence-electron chi connectivity index (χ2n) is 11.2. The van der Waals surface area contributed by atoms with Crippen molar-refractivity contribution in [3.63, 3.8) is 0 Å². The Bertz CT molecular complexity index is 1170. The summed E-state index contributed by atoms with van der Waals surface area (Å²) in [6, 6.07) is 10.4. The third-order valence-corrected chi connectivity index (χ3v) is 6.67. The van der Waals surface area contributed by atoms with Crippen LogP contribution < -0.4 is 10.6 Å². The van der Waals surface area contributed by atoms with Crippen LogP contribution in [0.2, 0.25) is 0 Å². The Labute approximate surface area is 236 Å². The van der Waals surface area contributed by atoms with Crippen molar-refractivity contribution < 1.29 is 29.3 Å². The molecule has 2 aromatic carbocycles. The van der Waals surface area contributed by atoms with E-state index in [1.807, 2.05) is 0 Å². The third-order valence-electron chi connectivity index (χ3n) is 6.67. The molecule has 0 spiro atoms. The van der Waals surface area contributed by atoms with Gasteiger partial charge < -0.3 is 30.5 Å². The van der Waals surface area contributed by atoms with Crippen molar-refractivity contribution in [1.29, 1.82) is 0 Å². The lowest BCUT2D eigenvalue weighted by Gasteiger charge is -2.35. The third kappa shape index (κ3) is 9.03. The average Bonchev–Trinajstić information content (AvgIpc) is 2.88. The van der Waals surface area contributed by atoms with E-state index in [-0.39, 0.29) is 36.4 Å². The van der Waals surface area contributed by atoms with Crippen LogP contribution in [-0.4, -0.2) is 57.3 Å². The van der Waals surface area contributed by atoms with Gasteiger partial charge in [-0.2, -0.15) is 0 Å². The zero-order valence-electron chi connectivity index (χ0n) is 23.6. The minimum Gasteiger partial charge on any atom is -0.508 e. The standard InChI is InChI=1S/C31H41N3O6/c1-5-18-34(27(22-10-9-13-25(36)20-22)28(37)32-23-11-7-6-8-12-23)29(38)26(33-30(39)40-31(2,3)4)19-21-14-16-24(35)17-15-21/h5,9-10,13-17,20,23,26-27,35-36H,1,6-8,11-12,18-19H2,2-4H3,(H,32,37)(H,33,39). The van der Waals surface area contributed by atoms with E-state index >= 15 is 0 Å². The lowest BCUT2D eigenvalue weighted by molar-refractivity contribution is -0.142. The fourth-order valence-electron chi connectivity index (χ4n) is 4.87. The molecule has 1 saturated carbocycles. The number of alkyl carbamates (subject to hydrolysis) is 1. The van der Waals surface area contributed by atoms with Crippen molar-refractivity contribution in [3.05, 3.63) is 72.3 Å². The molecule has 0 radical (unpaired) electrons. The molecule has 1 fully saturated rings. The second kappa shape index (κ2) is 13.9. The highest BCUT2D eigenvalue weighted by Crippen LogP contribution is 2.27. The number of benzene rings is 2. The SMILES string of the molecule is C=CCN(C(=O)C(Cc1ccc(O)cc1)NC(=O)OC(C)(C)C)C(C(=O)NC1CCCCC1)c1cccc(O)c1.